The van der Waals surface area contributed by atoms with E-state index >= 15 is 0 Å². The molecule has 0 aliphatic carbocycles. The van der Waals surface area contributed by atoms with Crippen LogP contribution in [-0.2, 0) is 28.8 Å². The number of nitrogens with two attached hydrogens (primary N) is 5. The molecule has 0 radical (unpaired) electrons. The van der Waals surface area contributed by atoms with Gasteiger partial charge in [0.1, 0.15) is 18.1 Å². The van der Waals surface area contributed by atoms with E-state index in [1.54, 1.807) is 0 Å². The number of hydrogen-bond acceptors (Lipinski definition) is 8. The minimum atomic E-state index is -1.70. The Labute approximate surface area is 189 Å². The number of primary amides is 2. The highest BCUT2D eigenvalue weighted by Gasteiger charge is 2.31. The summed E-state index contributed by atoms with van der Waals surface area (Å²) in [5, 5.41) is 15.8. The van der Waals surface area contributed by atoms with Crippen LogP contribution in [0.1, 0.15) is 32.6 Å². The Morgan fingerprint density at radius 1 is 0.788 bits per heavy atom. The summed E-state index contributed by atoms with van der Waals surface area (Å²) in [6.07, 6.45) is -1.13. The third-order valence-electron chi connectivity index (χ3n) is 4.05. The Hall–Kier alpha value is -3.95. The summed E-state index contributed by atoms with van der Waals surface area (Å²) in [6, 6.07) is -5.44. The lowest BCUT2D eigenvalue weighted by molar-refractivity contribution is -0.144. The second-order valence-corrected chi connectivity index (χ2v) is 7.10. The number of nitrogens with one attached hydrogen (secondary N) is 3. The van der Waals surface area contributed by atoms with E-state index in [2.05, 4.69) is 15.6 Å². The maximum atomic E-state index is 12.7. The van der Waals surface area contributed by atoms with Gasteiger partial charge in [-0.2, -0.15) is 0 Å². The molecule has 0 heterocycles. The minimum absolute atomic E-state index is 0.0331. The molecule has 0 fully saturated rings. The summed E-state index contributed by atoms with van der Waals surface area (Å²) >= 11 is 0. The number of carbonyl (C=O) groups is 6. The number of aliphatic imine (C=N–C) groups is 1. The van der Waals surface area contributed by atoms with E-state index in [9.17, 15) is 28.8 Å². The average molecular weight is 473 g/mol. The van der Waals surface area contributed by atoms with Crippen LogP contribution in [0.2, 0.25) is 0 Å². The van der Waals surface area contributed by atoms with Crippen molar-refractivity contribution >= 4 is 41.5 Å². The first kappa shape index (κ1) is 29.0. The van der Waals surface area contributed by atoms with E-state index in [-0.39, 0.29) is 25.3 Å². The van der Waals surface area contributed by atoms with Gasteiger partial charge in [-0.25, -0.2) is 4.79 Å². The SMILES string of the molecule is CC(N)C(=O)NC(CCCN=C(N)N)C(=O)NC(CC(N)=O)C(=O)NC(CC(N)=O)C(=O)O. The van der Waals surface area contributed by atoms with Crippen LogP contribution < -0.4 is 44.6 Å². The first-order chi connectivity index (χ1) is 15.2. The number of rotatable bonds is 15. The van der Waals surface area contributed by atoms with Crippen molar-refractivity contribution in [3.8, 4) is 0 Å². The lowest BCUT2D eigenvalue weighted by atomic mass is 10.1. The fourth-order valence-corrected chi connectivity index (χ4v) is 2.43. The molecule has 0 aromatic rings. The first-order valence-corrected chi connectivity index (χ1v) is 9.76. The molecule has 4 unspecified atom stereocenters. The number of carbonyl (C=O) groups excluding carboxylic acids is 5. The van der Waals surface area contributed by atoms with Crippen LogP contribution in [0, 0.1) is 0 Å². The molecule has 33 heavy (non-hydrogen) atoms. The number of nitrogens with zero attached hydrogens (tertiary/aromatic N) is 1. The Bertz CT molecular complexity index is 781. The van der Waals surface area contributed by atoms with Crippen LogP contribution in [0.15, 0.2) is 4.99 Å². The number of carboxylic acids is 1. The molecule has 0 aromatic carbocycles. The van der Waals surface area contributed by atoms with Crippen LogP contribution >= 0.6 is 0 Å². The molecule has 0 spiro atoms. The van der Waals surface area contributed by atoms with Crippen molar-refractivity contribution in [1.82, 2.24) is 16.0 Å². The zero-order valence-electron chi connectivity index (χ0n) is 18.1. The van der Waals surface area contributed by atoms with Gasteiger partial charge in [-0.15, -0.1) is 0 Å². The van der Waals surface area contributed by atoms with E-state index in [4.69, 9.17) is 33.8 Å². The van der Waals surface area contributed by atoms with Gasteiger partial charge in [0, 0.05) is 6.54 Å². The van der Waals surface area contributed by atoms with Gasteiger partial charge in [0.25, 0.3) is 0 Å². The van der Waals surface area contributed by atoms with E-state index < -0.39 is 72.5 Å². The number of amides is 5. The van der Waals surface area contributed by atoms with Crippen LogP contribution in [0.5, 0.6) is 0 Å². The molecule has 0 rings (SSSR count). The molecule has 186 valence electrons. The molecular formula is C17H31N9O7. The Morgan fingerprint density at radius 2 is 1.24 bits per heavy atom. The average Bonchev–Trinajstić information content (AvgIpc) is 2.67. The molecule has 0 aliphatic heterocycles. The van der Waals surface area contributed by atoms with Gasteiger partial charge >= 0.3 is 5.97 Å². The number of aliphatic carboxylic acids is 1. The quantitative estimate of drug-likeness (QED) is 0.0617. The maximum Gasteiger partial charge on any atom is 0.326 e. The largest absolute Gasteiger partial charge is 0.480 e. The summed E-state index contributed by atoms with van der Waals surface area (Å²) in [4.78, 5) is 74.6. The van der Waals surface area contributed by atoms with Gasteiger partial charge in [-0.3, -0.25) is 29.0 Å². The van der Waals surface area contributed by atoms with E-state index in [0.29, 0.717) is 0 Å². The van der Waals surface area contributed by atoms with E-state index in [1.807, 2.05) is 5.32 Å². The molecule has 16 heteroatoms. The highest BCUT2D eigenvalue weighted by Crippen LogP contribution is 2.03. The topological polar surface area (TPSA) is 301 Å². The smallest absolute Gasteiger partial charge is 0.326 e. The molecule has 5 amide bonds. The summed E-state index contributed by atoms with van der Waals surface area (Å²) in [5.74, 6) is -6.37. The van der Waals surface area contributed by atoms with Gasteiger partial charge in [0.05, 0.1) is 18.9 Å². The predicted molar refractivity (Wildman–Crippen MR) is 115 cm³/mol. The second kappa shape index (κ2) is 14.2. The summed E-state index contributed by atoms with van der Waals surface area (Å²) in [7, 11) is 0. The van der Waals surface area contributed by atoms with Gasteiger partial charge in [-0.05, 0) is 19.8 Å². The molecule has 0 bridgehead atoms. The number of guanidine groups is 1. The van der Waals surface area contributed by atoms with Gasteiger partial charge < -0.3 is 49.7 Å². The molecular weight excluding hydrogens is 442 g/mol. The van der Waals surface area contributed by atoms with Crippen LogP contribution in [0.4, 0.5) is 0 Å². The van der Waals surface area contributed by atoms with Crippen molar-refractivity contribution in [2.24, 2.45) is 33.7 Å². The highest BCUT2D eigenvalue weighted by atomic mass is 16.4. The maximum absolute atomic E-state index is 12.7. The zero-order chi connectivity index (χ0) is 25.7. The molecule has 0 saturated carbocycles. The third kappa shape index (κ3) is 12.5. The van der Waals surface area contributed by atoms with Crippen molar-refractivity contribution in [3.05, 3.63) is 0 Å². The molecule has 4 atom stereocenters. The molecule has 14 N–H and O–H groups in total. The van der Waals surface area contributed by atoms with Crippen molar-refractivity contribution in [2.45, 2.75) is 56.8 Å². The van der Waals surface area contributed by atoms with Crippen LogP contribution in [0.3, 0.4) is 0 Å². The third-order valence-corrected chi connectivity index (χ3v) is 4.05. The first-order valence-electron chi connectivity index (χ1n) is 9.76. The highest BCUT2D eigenvalue weighted by molar-refractivity contribution is 5.96. The number of carboxylic acid groups (broad SMARTS) is 1. The standard InChI is InChI=1S/C17H31N9O7/c1-7(18)13(29)24-8(3-2-4-23-17(21)22)14(30)25-9(5-11(19)27)15(31)26-10(16(32)33)6-12(20)28/h7-10H,2-6,18H2,1H3,(H2,19,27)(H2,20,28)(H,24,29)(H,25,30)(H,26,31)(H,32,33)(H4,21,22,23). The fraction of sp³-hybridized carbons (Fsp3) is 0.588. The summed E-state index contributed by atoms with van der Waals surface area (Å²) < 4.78 is 0. The van der Waals surface area contributed by atoms with Gasteiger partial charge in [0.15, 0.2) is 5.96 Å². The Morgan fingerprint density at radius 3 is 1.70 bits per heavy atom. The molecule has 0 saturated heterocycles. The summed E-state index contributed by atoms with van der Waals surface area (Å²) in [5.41, 5.74) is 26.0. The van der Waals surface area contributed by atoms with Gasteiger partial charge in [-0.1, -0.05) is 0 Å². The second-order valence-electron chi connectivity index (χ2n) is 7.10. The van der Waals surface area contributed by atoms with E-state index in [0.717, 1.165) is 0 Å². The van der Waals surface area contributed by atoms with Crippen molar-refractivity contribution in [1.29, 1.82) is 0 Å². The lowest BCUT2D eigenvalue weighted by Crippen LogP contribution is -2.57. The molecule has 0 aliphatic rings. The van der Waals surface area contributed by atoms with Crippen LogP contribution in [0.25, 0.3) is 0 Å². The van der Waals surface area contributed by atoms with Gasteiger partial charge in [0.2, 0.25) is 29.5 Å². The fourth-order valence-electron chi connectivity index (χ4n) is 2.43. The lowest BCUT2D eigenvalue weighted by Gasteiger charge is -2.24. The Kier molecular flexibility index (Phi) is 12.5. The normalized spacial score (nSPS) is 14.0. The zero-order valence-corrected chi connectivity index (χ0v) is 18.1. The predicted octanol–water partition coefficient (Wildman–Crippen LogP) is -5.32. The van der Waals surface area contributed by atoms with Crippen LogP contribution in [-0.4, -0.2) is 77.3 Å². The number of hydrogen-bond donors (Lipinski definition) is 9. The van der Waals surface area contributed by atoms with Crippen molar-refractivity contribution in [3.63, 3.8) is 0 Å². The summed E-state index contributed by atoms with van der Waals surface area (Å²) in [6.45, 7) is 1.52. The Balaban J connectivity index is 5.51. The van der Waals surface area contributed by atoms with E-state index in [1.165, 1.54) is 6.92 Å². The monoisotopic (exact) mass is 473 g/mol. The molecule has 16 nitrogen and oxygen atoms in total. The van der Waals surface area contributed by atoms with Crippen molar-refractivity contribution in [2.75, 3.05) is 6.54 Å². The minimum Gasteiger partial charge on any atom is -0.480 e. The molecule has 0 aromatic heterocycles. The van der Waals surface area contributed by atoms with Crippen molar-refractivity contribution < 1.29 is 33.9 Å².